The van der Waals surface area contributed by atoms with Crippen molar-refractivity contribution < 1.29 is 9.53 Å². The molecule has 0 rings (SSSR count). The van der Waals surface area contributed by atoms with Crippen molar-refractivity contribution in [3.8, 4) is 0 Å². The number of alkyl carbamates (subject to hydrolysis) is 1. The molecule has 0 aliphatic rings. The van der Waals surface area contributed by atoms with Gasteiger partial charge in [-0.1, -0.05) is 12.5 Å². The molecule has 0 fully saturated rings. The highest BCUT2D eigenvalue weighted by Crippen LogP contribution is 1.94. The van der Waals surface area contributed by atoms with Gasteiger partial charge in [-0.3, -0.25) is 5.32 Å². The van der Waals surface area contributed by atoms with Crippen LogP contribution in [-0.4, -0.2) is 12.7 Å². The summed E-state index contributed by atoms with van der Waals surface area (Å²) in [6, 6.07) is 0. The molecule has 1 amide bonds. The number of amides is 1. The molecule has 0 unspecified atom stereocenters. The molecule has 11 heavy (non-hydrogen) atoms. The van der Waals surface area contributed by atoms with Crippen molar-refractivity contribution in [2.24, 2.45) is 0 Å². The first-order chi connectivity index (χ1) is 5.20. The lowest BCUT2D eigenvalue weighted by molar-refractivity contribution is 0.156. The van der Waals surface area contributed by atoms with E-state index in [4.69, 9.17) is 0 Å². The van der Waals surface area contributed by atoms with Crippen LogP contribution in [0.2, 0.25) is 0 Å². The first-order valence-corrected chi connectivity index (χ1v) is 3.79. The third-order valence-corrected chi connectivity index (χ3v) is 1.27. The van der Waals surface area contributed by atoms with Gasteiger partial charge in [0.2, 0.25) is 0 Å². The Kier molecular flexibility index (Phi) is 5.25. The number of rotatable bonds is 3. The SMILES string of the molecule is CCOC(=O)NC=C(C)CC. The van der Waals surface area contributed by atoms with Gasteiger partial charge in [0.05, 0.1) is 6.61 Å². The molecule has 0 aromatic carbocycles. The molecule has 0 radical (unpaired) electrons. The Hall–Kier alpha value is -0.990. The second kappa shape index (κ2) is 5.77. The molecule has 0 aliphatic heterocycles. The second-order valence-corrected chi connectivity index (χ2v) is 2.21. The Balaban J connectivity index is 3.60. The van der Waals surface area contributed by atoms with Crippen LogP contribution in [0.15, 0.2) is 11.8 Å². The lowest BCUT2D eigenvalue weighted by atomic mass is 10.3. The summed E-state index contributed by atoms with van der Waals surface area (Å²) >= 11 is 0. The number of carbonyl (C=O) groups is 1. The molecule has 0 saturated carbocycles. The molecule has 0 aliphatic carbocycles. The Morgan fingerprint density at radius 2 is 2.18 bits per heavy atom. The van der Waals surface area contributed by atoms with E-state index >= 15 is 0 Å². The monoisotopic (exact) mass is 157 g/mol. The van der Waals surface area contributed by atoms with Crippen molar-refractivity contribution in [2.45, 2.75) is 27.2 Å². The molecule has 3 heteroatoms. The van der Waals surface area contributed by atoms with E-state index in [1.165, 1.54) is 0 Å². The number of hydrogen-bond acceptors (Lipinski definition) is 2. The van der Waals surface area contributed by atoms with Crippen molar-refractivity contribution in [3.05, 3.63) is 11.8 Å². The first kappa shape index (κ1) is 10.0. The van der Waals surface area contributed by atoms with Gasteiger partial charge in [0.1, 0.15) is 0 Å². The maximum atomic E-state index is 10.7. The van der Waals surface area contributed by atoms with Crippen molar-refractivity contribution in [1.82, 2.24) is 5.32 Å². The van der Waals surface area contributed by atoms with Gasteiger partial charge in [0, 0.05) is 6.20 Å². The van der Waals surface area contributed by atoms with Crippen molar-refractivity contribution >= 4 is 6.09 Å². The van der Waals surface area contributed by atoms with Crippen LogP contribution in [0.25, 0.3) is 0 Å². The third-order valence-electron chi connectivity index (χ3n) is 1.27. The number of ether oxygens (including phenoxy) is 1. The van der Waals surface area contributed by atoms with Gasteiger partial charge < -0.3 is 4.74 Å². The zero-order chi connectivity index (χ0) is 8.69. The predicted molar refractivity (Wildman–Crippen MR) is 44.2 cm³/mol. The molecular formula is C8H15NO2. The van der Waals surface area contributed by atoms with E-state index < -0.39 is 0 Å². The van der Waals surface area contributed by atoms with Crippen molar-refractivity contribution in [1.29, 1.82) is 0 Å². The van der Waals surface area contributed by atoms with Crippen LogP contribution in [0, 0.1) is 0 Å². The quantitative estimate of drug-likeness (QED) is 0.680. The van der Waals surface area contributed by atoms with Crippen molar-refractivity contribution in [3.63, 3.8) is 0 Å². The van der Waals surface area contributed by atoms with Crippen LogP contribution in [0.5, 0.6) is 0 Å². The highest BCUT2D eigenvalue weighted by atomic mass is 16.5. The van der Waals surface area contributed by atoms with E-state index in [-0.39, 0.29) is 6.09 Å². The third kappa shape index (κ3) is 5.45. The number of carbonyl (C=O) groups excluding carboxylic acids is 1. The summed E-state index contributed by atoms with van der Waals surface area (Å²) < 4.78 is 4.64. The molecule has 0 atom stereocenters. The van der Waals surface area contributed by atoms with E-state index in [0.29, 0.717) is 6.61 Å². The normalized spacial score (nSPS) is 11.0. The zero-order valence-corrected chi connectivity index (χ0v) is 7.31. The molecule has 64 valence electrons. The Labute approximate surface area is 67.4 Å². The summed E-state index contributed by atoms with van der Waals surface area (Å²) in [5.41, 5.74) is 1.12. The van der Waals surface area contributed by atoms with Gasteiger partial charge in [-0.25, -0.2) is 4.79 Å². The molecule has 0 aromatic heterocycles. The fourth-order valence-electron chi connectivity index (χ4n) is 0.457. The molecular weight excluding hydrogens is 142 g/mol. The fraction of sp³-hybridized carbons (Fsp3) is 0.625. The van der Waals surface area contributed by atoms with E-state index in [1.807, 2.05) is 13.8 Å². The molecule has 0 aromatic rings. The van der Waals surface area contributed by atoms with Crippen molar-refractivity contribution in [2.75, 3.05) is 6.61 Å². The summed E-state index contributed by atoms with van der Waals surface area (Å²) in [4.78, 5) is 10.7. The highest BCUT2D eigenvalue weighted by Gasteiger charge is 1.94. The number of hydrogen-bond donors (Lipinski definition) is 1. The number of nitrogens with one attached hydrogen (secondary N) is 1. The lowest BCUT2D eigenvalue weighted by Crippen LogP contribution is -2.18. The maximum Gasteiger partial charge on any atom is 0.411 e. The van der Waals surface area contributed by atoms with Crippen LogP contribution in [-0.2, 0) is 4.74 Å². The number of allylic oxidation sites excluding steroid dienone is 1. The van der Waals surface area contributed by atoms with E-state index in [1.54, 1.807) is 13.1 Å². The Morgan fingerprint density at radius 3 is 2.64 bits per heavy atom. The molecule has 0 bridgehead atoms. The van der Waals surface area contributed by atoms with Crippen LogP contribution in [0.1, 0.15) is 27.2 Å². The smallest absolute Gasteiger partial charge is 0.411 e. The summed E-state index contributed by atoms with van der Waals surface area (Å²) in [5.74, 6) is 0. The zero-order valence-electron chi connectivity index (χ0n) is 7.31. The minimum Gasteiger partial charge on any atom is -0.450 e. The van der Waals surface area contributed by atoms with Crippen LogP contribution >= 0.6 is 0 Å². The fourth-order valence-corrected chi connectivity index (χ4v) is 0.457. The highest BCUT2D eigenvalue weighted by molar-refractivity contribution is 5.68. The summed E-state index contributed by atoms with van der Waals surface area (Å²) in [6.45, 7) is 6.16. The molecule has 0 saturated heterocycles. The van der Waals surface area contributed by atoms with Crippen LogP contribution in [0.4, 0.5) is 4.79 Å². The largest absolute Gasteiger partial charge is 0.450 e. The maximum absolute atomic E-state index is 10.7. The van der Waals surface area contributed by atoms with Crippen LogP contribution in [0.3, 0.4) is 0 Å². The van der Waals surface area contributed by atoms with E-state index in [9.17, 15) is 4.79 Å². The van der Waals surface area contributed by atoms with Gasteiger partial charge in [0.25, 0.3) is 0 Å². The summed E-state index contributed by atoms with van der Waals surface area (Å²) in [5, 5.41) is 2.51. The van der Waals surface area contributed by atoms with Gasteiger partial charge in [-0.05, 0) is 20.3 Å². The molecule has 1 N–H and O–H groups in total. The minimum atomic E-state index is -0.389. The molecule has 0 heterocycles. The summed E-state index contributed by atoms with van der Waals surface area (Å²) in [6.07, 6.45) is 2.21. The van der Waals surface area contributed by atoms with Crippen LogP contribution < -0.4 is 5.32 Å². The lowest BCUT2D eigenvalue weighted by Gasteiger charge is -2.00. The molecule has 0 spiro atoms. The standard InChI is InChI=1S/C8H15NO2/c1-4-7(3)6-9-8(10)11-5-2/h6H,4-5H2,1-3H3,(H,9,10). The van der Waals surface area contributed by atoms with Gasteiger partial charge in [-0.2, -0.15) is 0 Å². The van der Waals surface area contributed by atoms with Gasteiger partial charge >= 0.3 is 6.09 Å². The summed E-state index contributed by atoms with van der Waals surface area (Å²) in [7, 11) is 0. The van der Waals surface area contributed by atoms with Gasteiger partial charge in [0.15, 0.2) is 0 Å². The average molecular weight is 157 g/mol. The Morgan fingerprint density at radius 1 is 1.55 bits per heavy atom. The van der Waals surface area contributed by atoms with E-state index in [2.05, 4.69) is 10.1 Å². The first-order valence-electron chi connectivity index (χ1n) is 3.79. The van der Waals surface area contributed by atoms with E-state index in [0.717, 1.165) is 12.0 Å². The molecule has 3 nitrogen and oxygen atoms in total. The average Bonchev–Trinajstić information content (AvgIpc) is 2.01. The minimum absolute atomic E-state index is 0.389. The second-order valence-electron chi connectivity index (χ2n) is 2.21. The predicted octanol–water partition coefficient (Wildman–Crippen LogP) is 2.05. The topological polar surface area (TPSA) is 38.3 Å². The van der Waals surface area contributed by atoms with Gasteiger partial charge in [-0.15, -0.1) is 0 Å². The Bertz CT molecular complexity index is 152.